The van der Waals surface area contributed by atoms with Crippen molar-refractivity contribution in [2.75, 3.05) is 19.7 Å². The quantitative estimate of drug-likeness (QED) is 0.875. The summed E-state index contributed by atoms with van der Waals surface area (Å²) < 4.78 is 0. The molecule has 2 N–H and O–H groups in total. The van der Waals surface area contributed by atoms with E-state index in [0.29, 0.717) is 5.92 Å². The molecule has 126 valence electrons. The van der Waals surface area contributed by atoms with Crippen molar-refractivity contribution < 1.29 is 9.90 Å². The number of urea groups is 1. The molecule has 1 aliphatic heterocycles. The molecule has 0 aromatic heterocycles. The van der Waals surface area contributed by atoms with Crippen LogP contribution >= 0.6 is 0 Å². The van der Waals surface area contributed by atoms with Crippen LogP contribution in [0.25, 0.3) is 0 Å². The fourth-order valence-corrected chi connectivity index (χ4v) is 3.58. The molecule has 4 heteroatoms. The van der Waals surface area contributed by atoms with E-state index in [1.54, 1.807) is 0 Å². The van der Waals surface area contributed by atoms with E-state index in [-0.39, 0.29) is 18.7 Å². The van der Waals surface area contributed by atoms with E-state index < -0.39 is 0 Å². The third kappa shape index (κ3) is 4.25. The van der Waals surface area contributed by atoms with Crippen LogP contribution in [0.15, 0.2) is 30.3 Å². The fourth-order valence-electron chi connectivity index (χ4n) is 3.58. The Hall–Kier alpha value is -1.55. The molecular weight excluding hydrogens is 288 g/mol. The predicted octanol–water partition coefficient (Wildman–Crippen LogP) is 3.33. The molecule has 0 spiro atoms. The smallest absolute Gasteiger partial charge is 0.317 e. The standard InChI is InChI=1S/C19H28N2O2/c22-14-16-9-11-21(12-10-16)19(23)20-18(13-15-5-4-6-15)17-7-2-1-3-8-17/h1-3,7-8,15-16,18,22H,4-6,9-14H2,(H,20,23). The highest BCUT2D eigenvalue weighted by Gasteiger charge is 2.27. The number of hydrogen-bond donors (Lipinski definition) is 2. The van der Waals surface area contributed by atoms with Crippen LogP contribution in [-0.4, -0.2) is 35.7 Å². The van der Waals surface area contributed by atoms with E-state index in [1.807, 2.05) is 23.1 Å². The van der Waals surface area contributed by atoms with Crippen LogP contribution in [0.1, 0.15) is 50.1 Å². The second-order valence-electron chi connectivity index (χ2n) is 7.06. The molecule has 1 heterocycles. The Morgan fingerprint density at radius 1 is 1.13 bits per heavy atom. The first-order chi connectivity index (χ1) is 11.3. The van der Waals surface area contributed by atoms with E-state index in [9.17, 15) is 9.90 Å². The molecule has 1 aliphatic carbocycles. The molecule has 2 fully saturated rings. The van der Waals surface area contributed by atoms with Gasteiger partial charge in [-0.2, -0.15) is 0 Å². The second-order valence-corrected chi connectivity index (χ2v) is 7.06. The maximum absolute atomic E-state index is 12.6. The number of rotatable bonds is 5. The SMILES string of the molecule is O=C(NC(CC1CCC1)c1ccccc1)N1CCC(CO)CC1. The van der Waals surface area contributed by atoms with Crippen molar-refractivity contribution in [3.05, 3.63) is 35.9 Å². The van der Waals surface area contributed by atoms with Crippen LogP contribution in [0.5, 0.6) is 0 Å². The van der Waals surface area contributed by atoms with Gasteiger partial charge >= 0.3 is 6.03 Å². The lowest BCUT2D eigenvalue weighted by Gasteiger charge is -2.34. The van der Waals surface area contributed by atoms with E-state index in [0.717, 1.165) is 38.3 Å². The van der Waals surface area contributed by atoms with Gasteiger partial charge < -0.3 is 15.3 Å². The molecule has 1 aromatic rings. The van der Waals surface area contributed by atoms with Gasteiger partial charge in [-0.25, -0.2) is 4.79 Å². The molecule has 2 aliphatic rings. The minimum absolute atomic E-state index is 0.0505. The Morgan fingerprint density at radius 2 is 1.83 bits per heavy atom. The van der Waals surface area contributed by atoms with E-state index in [4.69, 9.17) is 0 Å². The van der Waals surface area contributed by atoms with Crippen molar-refractivity contribution in [2.45, 2.75) is 44.6 Å². The van der Waals surface area contributed by atoms with Crippen molar-refractivity contribution in [1.82, 2.24) is 10.2 Å². The highest BCUT2D eigenvalue weighted by atomic mass is 16.3. The van der Waals surface area contributed by atoms with E-state index >= 15 is 0 Å². The molecular formula is C19H28N2O2. The molecule has 1 unspecified atom stereocenters. The molecule has 4 nitrogen and oxygen atoms in total. The predicted molar refractivity (Wildman–Crippen MR) is 91.1 cm³/mol. The summed E-state index contributed by atoms with van der Waals surface area (Å²) in [5.41, 5.74) is 1.21. The van der Waals surface area contributed by atoms with Gasteiger partial charge in [0.05, 0.1) is 6.04 Å². The Kier molecular flexibility index (Phi) is 5.55. The molecule has 1 aromatic carbocycles. The summed E-state index contributed by atoms with van der Waals surface area (Å²) in [7, 11) is 0. The van der Waals surface area contributed by atoms with Crippen LogP contribution in [0.2, 0.25) is 0 Å². The first-order valence-corrected chi connectivity index (χ1v) is 8.97. The zero-order valence-corrected chi connectivity index (χ0v) is 13.8. The lowest BCUT2D eigenvalue weighted by Crippen LogP contribution is -2.46. The van der Waals surface area contributed by atoms with Gasteiger partial charge in [-0.1, -0.05) is 49.6 Å². The molecule has 0 bridgehead atoms. The third-order valence-electron chi connectivity index (χ3n) is 5.45. The number of likely N-dealkylation sites (tertiary alicyclic amines) is 1. The van der Waals surface area contributed by atoms with Gasteiger partial charge in [0.1, 0.15) is 0 Å². The minimum Gasteiger partial charge on any atom is -0.396 e. The lowest BCUT2D eigenvalue weighted by atomic mass is 9.79. The van der Waals surface area contributed by atoms with Crippen molar-refractivity contribution in [1.29, 1.82) is 0 Å². The number of aliphatic hydroxyl groups is 1. The van der Waals surface area contributed by atoms with Gasteiger partial charge in [0.2, 0.25) is 0 Å². The number of amides is 2. The molecule has 23 heavy (non-hydrogen) atoms. The zero-order chi connectivity index (χ0) is 16.1. The highest BCUT2D eigenvalue weighted by molar-refractivity contribution is 5.74. The average molecular weight is 316 g/mol. The third-order valence-corrected chi connectivity index (χ3v) is 5.45. The fraction of sp³-hybridized carbons (Fsp3) is 0.632. The van der Waals surface area contributed by atoms with E-state index in [2.05, 4.69) is 17.4 Å². The maximum atomic E-state index is 12.6. The summed E-state index contributed by atoms with van der Waals surface area (Å²) in [4.78, 5) is 14.5. The number of piperidine rings is 1. The van der Waals surface area contributed by atoms with Crippen molar-refractivity contribution >= 4 is 6.03 Å². The van der Waals surface area contributed by atoms with Gasteiger partial charge in [0.25, 0.3) is 0 Å². The minimum atomic E-state index is 0.0505. The summed E-state index contributed by atoms with van der Waals surface area (Å²) in [6, 6.07) is 10.5. The average Bonchev–Trinajstić information content (AvgIpc) is 2.57. The number of carbonyl (C=O) groups excluding carboxylic acids is 1. The normalized spacial score (nSPS) is 20.8. The van der Waals surface area contributed by atoms with Crippen LogP contribution in [-0.2, 0) is 0 Å². The van der Waals surface area contributed by atoms with Crippen molar-refractivity contribution in [3.63, 3.8) is 0 Å². The summed E-state index contributed by atoms with van der Waals surface area (Å²) in [5.74, 6) is 1.11. The van der Waals surface area contributed by atoms with Crippen LogP contribution < -0.4 is 5.32 Å². The zero-order valence-electron chi connectivity index (χ0n) is 13.8. The largest absolute Gasteiger partial charge is 0.396 e. The molecule has 1 saturated heterocycles. The van der Waals surface area contributed by atoms with Crippen molar-refractivity contribution in [2.24, 2.45) is 11.8 Å². The lowest BCUT2D eigenvalue weighted by molar-refractivity contribution is 0.134. The first kappa shape index (κ1) is 16.3. The summed E-state index contributed by atoms with van der Waals surface area (Å²) in [6.45, 7) is 1.74. The number of hydrogen-bond acceptors (Lipinski definition) is 2. The number of carbonyl (C=O) groups is 1. The summed E-state index contributed by atoms with van der Waals surface area (Å²) in [6.07, 6.45) is 6.77. The number of benzene rings is 1. The Bertz CT molecular complexity index is 493. The Labute approximate surface area is 138 Å². The molecule has 3 rings (SSSR count). The second kappa shape index (κ2) is 7.82. The summed E-state index contributed by atoms with van der Waals surface area (Å²) >= 11 is 0. The van der Waals surface area contributed by atoms with Gasteiger partial charge in [-0.3, -0.25) is 0 Å². The van der Waals surface area contributed by atoms with Gasteiger partial charge in [-0.05, 0) is 36.7 Å². The van der Waals surface area contributed by atoms with Crippen molar-refractivity contribution in [3.8, 4) is 0 Å². The molecule has 1 saturated carbocycles. The van der Waals surface area contributed by atoms with Crippen LogP contribution in [0, 0.1) is 11.8 Å². The van der Waals surface area contributed by atoms with Gasteiger partial charge in [0.15, 0.2) is 0 Å². The topological polar surface area (TPSA) is 52.6 Å². The van der Waals surface area contributed by atoms with E-state index in [1.165, 1.54) is 24.8 Å². The number of nitrogens with one attached hydrogen (secondary N) is 1. The van der Waals surface area contributed by atoms with Crippen LogP contribution in [0.4, 0.5) is 4.79 Å². The molecule has 2 amide bonds. The van der Waals surface area contributed by atoms with Gasteiger partial charge in [-0.15, -0.1) is 0 Å². The highest BCUT2D eigenvalue weighted by Crippen LogP contribution is 2.34. The number of aliphatic hydroxyl groups excluding tert-OH is 1. The Balaban J connectivity index is 1.60. The number of nitrogens with zero attached hydrogens (tertiary/aromatic N) is 1. The molecule has 1 atom stereocenters. The summed E-state index contributed by atoms with van der Waals surface area (Å²) in [5, 5.41) is 12.5. The Morgan fingerprint density at radius 3 is 2.39 bits per heavy atom. The first-order valence-electron chi connectivity index (χ1n) is 8.97. The monoisotopic (exact) mass is 316 g/mol. The van der Waals surface area contributed by atoms with Crippen LogP contribution in [0.3, 0.4) is 0 Å². The maximum Gasteiger partial charge on any atom is 0.317 e. The molecule has 0 radical (unpaired) electrons. The van der Waals surface area contributed by atoms with Gasteiger partial charge in [0, 0.05) is 19.7 Å².